The van der Waals surface area contributed by atoms with Crippen LogP contribution >= 0.6 is 0 Å². The van der Waals surface area contributed by atoms with Crippen molar-refractivity contribution in [3.8, 4) is 12.3 Å². The van der Waals surface area contributed by atoms with E-state index in [-0.39, 0.29) is 11.6 Å². The summed E-state index contributed by atoms with van der Waals surface area (Å²) in [6.45, 7) is 0.304. The number of anilines is 1. The minimum absolute atomic E-state index is 0.159. The third-order valence-corrected chi connectivity index (χ3v) is 1.98. The number of oxazole rings is 1. The van der Waals surface area contributed by atoms with Crippen LogP contribution in [0.5, 0.6) is 0 Å². The van der Waals surface area contributed by atoms with E-state index in [1.54, 1.807) is 6.07 Å². The minimum Gasteiger partial charge on any atom is -0.478 e. The Morgan fingerprint density at radius 2 is 2.44 bits per heavy atom. The fourth-order valence-corrected chi connectivity index (χ4v) is 1.26. The standard InChI is InChI=1S/C11H8N2O3/c1-2-5-12-11-13-8-4-3-7(10(14)15)6-9(8)16-11/h1,3-4,6H,5H2,(H,12,13)(H,14,15). The number of aromatic carboxylic acids is 1. The first-order valence-corrected chi connectivity index (χ1v) is 4.52. The molecule has 0 radical (unpaired) electrons. The molecule has 5 heteroatoms. The lowest BCUT2D eigenvalue weighted by Crippen LogP contribution is -1.97. The average Bonchev–Trinajstić information content (AvgIpc) is 2.67. The van der Waals surface area contributed by atoms with Crippen LogP contribution in [-0.2, 0) is 0 Å². The molecule has 0 bridgehead atoms. The van der Waals surface area contributed by atoms with Crippen molar-refractivity contribution in [1.29, 1.82) is 0 Å². The zero-order valence-electron chi connectivity index (χ0n) is 8.23. The molecule has 0 fully saturated rings. The van der Waals surface area contributed by atoms with Gasteiger partial charge in [0.15, 0.2) is 5.58 Å². The predicted molar refractivity (Wildman–Crippen MR) is 58.3 cm³/mol. The summed E-state index contributed by atoms with van der Waals surface area (Å²) in [6.07, 6.45) is 5.07. The second-order valence-electron chi connectivity index (χ2n) is 3.06. The quantitative estimate of drug-likeness (QED) is 0.761. The molecule has 80 valence electrons. The lowest BCUT2D eigenvalue weighted by atomic mass is 10.2. The Morgan fingerprint density at radius 3 is 3.12 bits per heavy atom. The van der Waals surface area contributed by atoms with Crippen molar-refractivity contribution in [2.24, 2.45) is 0 Å². The van der Waals surface area contributed by atoms with Gasteiger partial charge in [-0.3, -0.25) is 0 Å². The van der Waals surface area contributed by atoms with Crippen LogP contribution in [0.15, 0.2) is 22.6 Å². The van der Waals surface area contributed by atoms with Gasteiger partial charge in [0.05, 0.1) is 12.1 Å². The highest BCUT2D eigenvalue weighted by atomic mass is 16.4. The number of carbonyl (C=O) groups is 1. The van der Waals surface area contributed by atoms with Gasteiger partial charge in [0.2, 0.25) is 0 Å². The van der Waals surface area contributed by atoms with Crippen LogP contribution in [0.1, 0.15) is 10.4 Å². The lowest BCUT2D eigenvalue weighted by Gasteiger charge is -1.92. The number of terminal acetylenes is 1. The maximum atomic E-state index is 10.7. The summed E-state index contributed by atoms with van der Waals surface area (Å²) in [4.78, 5) is 14.8. The van der Waals surface area contributed by atoms with E-state index in [9.17, 15) is 4.79 Å². The number of carboxylic acid groups (broad SMARTS) is 1. The molecule has 0 unspecified atom stereocenters. The van der Waals surface area contributed by atoms with Crippen molar-refractivity contribution in [3.63, 3.8) is 0 Å². The number of hydrogen-bond donors (Lipinski definition) is 2. The molecule has 1 aromatic heterocycles. The van der Waals surface area contributed by atoms with Gasteiger partial charge in [0, 0.05) is 0 Å². The molecular weight excluding hydrogens is 208 g/mol. The fourth-order valence-electron chi connectivity index (χ4n) is 1.26. The van der Waals surface area contributed by atoms with Gasteiger partial charge >= 0.3 is 5.97 Å². The normalized spacial score (nSPS) is 9.94. The van der Waals surface area contributed by atoms with Crippen molar-refractivity contribution in [3.05, 3.63) is 23.8 Å². The first-order chi connectivity index (χ1) is 7.70. The van der Waals surface area contributed by atoms with E-state index < -0.39 is 5.97 Å². The van der Waals surface area contributed by atoms with Gasteiger partial charge in [-0.2, -0.15) is 4.98 Å². The molecule has 1 aromatic carbocycles. The Bertz CT molecular complexity index is 580. The molecule has 0 atom stereocenters. The van der Waals surface area contributed by atoms with Gasteiger partial charge in [0.25, 0.3) is 6.01 Å². The Morgan fingerprint density at radius 1 is 1.62 bits per heavy atom. The van der Waals surface area contributed by atoms with Crippen LogP contribution in [0.2, 0.25) is 0 Å². The molecule has 0 aliphatic carbocycles. The van der Waals surface area contributed by atoms with Gasteiger partial charge < -0.3 is 14.8 Å². The number of rotatable bonds is 3. The SMILES string of the molecule is C#CCNc1nc2ccc(C(=O)O)cc2o1. The van der Waals surface area contributed by atoms with E-state index >= 15 is 0 Å². The van der Waals surface area contributed by atoms with Crippen LogP contribution in [0.25, 0.3) is 11.1 Å². The van der Waals surface area contributed by atoms with Crippen LogP contribution in [0, 0.1) is 12.3 Å². The number of aromatic nitrogens is 1. The Kier molecular flexibility index (Phi) is 2.48. The summed E-state index contributed by atoms with van der Waals surface area (Å²) in [5.41, 5.74) is 1.16. The summed E-state index contributed by atoms with van der Waals surface area (Å²) in [5.74, 6) is 1.38. The highest BCUT2D eigenvalue weighted by Gasteiger charge is 2.08. The molecule has 0 amide bonds. The predicted octanol–water partition coefficient (Wildman–Crippen LogP) is 1.57. The Hall–Kier alpha value is -2.48. The largest absolute Gasteiger partial charge is 0.478 e. The van der Waals surface area contributed by atoms with E-state index in [0.717, 1.165) is 0 Å². The summed E-state index contributed by atoms with van der Waals surface area (Å²) < 4.78 is 5.28. The highest BCUT2D eigenvalue weighted by Crippen LogP contribution is 2.19. The average molecular weight is 216 g/mol. The van der Waals surface area contributed by atoms with Crippen LogP contribution in [0.4, 0.5) is 6.01 Å². The van der Waals surface area contributed by atoms with Gasteiger partial charge in [-0.15, -0.1) is 6.42 Å². The molecule has 2 rings (SSSR count). The molecule has 0 aliphatic rings. The van der Waals surface area contributed by atoms with Crippen LogP contribution in [0.3, 0.4) is 0 Å². The Balaban J connectivity index is 2.39. The fraction of sp³-hybridized carbons (Fsp3) is 0.0909. The summed E-state index contributed by atoms with van der Waals surface area (Å²) >= 11 is 0. The minimum atomic E-state index is -1.00. The van der Waals surface area contributed by atoms with Crippen molar-refractivity contribution >= 4 is 23.1 Å². The molecule has 0 aliphatic heterocycles. The van der Waals surface area contributed by atoms with Crippen molar-refractivity contribution in [1.82, 2.24) is 4.98 Å². The highest BCUT2D eigenvalue weighted by molar-refractivity contribution is 5.92. The van der Waals surface area contributed by atoms with Gasteiger partial charge in [-0.05, 0) is 18.2 Å². The zero-order chi connectivity index (χ0) is 11.5. The second-order valence-corrected chi connectivity index (χ2v) is 3.06. The van der Waals surface area contributed by atoms with E-state index in [1.807, 2.05) is 0 Å². The van der Waals surface area contributed by atoms with E-state index in [4.69, 9.17) is 15.9 Å². The molecule has 16 heavy (non-hydrogen) atoms. The smallest absolute Gasteiger partial charge is 0.335 e. The summed E-state index contributed by atoms with van der Waals surface area (Å²) in [7, 11) is 0. The first-order valence-electron chi connectivity index (χ1n) is 4.52. The number of benzene rings is 1. The summed E-state index contributed by atoms with van der Waals surface area (Å²) in [6, 6.07) is 4.77. The molecule has 2 aromatic rings. The zero-order valence-corrected chi connectivity index (χ0v) is 8.23. The number of nitrogens with zero attached hydrogens (tertiary/aromatic N) is 1. The Labute approximate surface area is 91.1 Å². The molecule has 1 heterocycles. The topological polar surface area (TPSA) is 75.4 Å². The van der Waals surface area contributed by atoms with E-state index in [0.29, 0.717) is 17.6 Å². The molecule has 0 spiro atoms. The number of carboxylic acids is 1. The lowest BCUT2D eigenvalue weighted by molar-refractivity contribution is 0.0697. The van der Waals surface area contributed by atoms with Gasteiger partial charge in [-0.1, -0.05) is 5.92 Å². The third-order valence-electron chi connectivity index (χ3n) is 1.98. The number of fused-ring (bicyclic) bond motifs is 1. The maximum Gasteiger partial charge on any atom is 0.335 e. The molecule has 2 N–H and O–H groups in total. The molecular formula is C11H8N2O3. The third kappa shape index (κ3) is 1.81. The van der Waals surface area contributed by atoms with Crippen molar-refractivity contribution < 1.29 is 14.3 Å². The van der Waals surface area contributed by atoms with Gasteiger partial charge in [-0.25, -0.2) is 4.79 Å². The number of nitrogens with one attached hydrogen (secondary N) is 1. The molecule has 0 saturated carbocycles. The second kappa shape index (κ2) is 3.95. The van der Waals surface area contributed by atoms with E-state index in [1.165, 1.54) is 12.1 Å². The molecule has 5 nitrogen and oxygen atoms in total. The number of hydrogen-bond acceptors (Lipinski definition) is 4. The monoisotopic (exact) mass is 216 g/mol. The first kappa shape index (κ1) is 10.1. The summed E-state index contributed by atoms with van der Waals surface area (Å²) in [5, 5.41) is 11.6. The van der Waals surface area contributed by atoms with Gasteiger partial charge in [0.1, 0.15) is 5.52 Å². The van der Waals surface area contributed by atoms with Crippen molar-refractivity contribution in [2.75, 3.05) is 11.9 Å². The van der Waals surface area contributed by atoms with Crippen molar-refractivity contribution in [2.45, 2.75) is 0 Å². The molecule has 0 saturated heterocycles. The maximum absolute atomic E-state index is 10.7. The van der Waals surface area contributed by atoms with E-state index in [2.05, 4.69) is 16.2 Å². The van der Waals surface area contributed by atoms with Crippen LogP contribution < -0.4 is 5.32 Å². The van der Waals surface area contributed by atoms with Crippen LogP contribution in [-0.4, -0.2) is 22.6 Å².